The van der Waals surface area contributed by atoms with Crippen LogP contribution in [0.15, 0.2) is 18.2 Å². The van der Waals surface area contributed by atoms with Gasteiger partial charge in [-0.15, -0.1) is 0 Å². The minimum Gasteiger partial charge on any atom is -0.461 e. The molecule has 2 aromatic rings. The molecule has 25 heavy (non-hydrogen) atoms. The van der Waals surface area contributed by atoms with Crippen molar-refractivity contribution in [2.75, 3.05) is 11.9 Å². The van der Waals surface area contributed by atoms with E-state index in [2.05, 4.69) is 15.3 Å². The molecule has 0 spiro atoms. The summed E-state index contributed by atoms with van der Waals surface area (Å²) in [5.41, 5.74) is 1.20. The van der Waals surface area contributed by atoms with Gasteiger partial charge in [0, 0.05) is 5.02 Å². The van der Waals surface area contributed by atoms with Crippen molar-refractivity contribution in [3.05, 3.63) is 51.0 Å². The Balaban J connectivity index is 2.37. The number of nitrogens with one attached hydrogen (secondary N) is 1. The molecule has 1 amide bonds. The summed E-state index contributed by atoms with van der Waals surface area (Å²) < 4.78 is 5.09. The normalized spacial score (nSPS) is 10.4. The van der Waals surface area contributed by atoms with Gasteiger partial charge in [0.1, 0.15) is 0 Å². The molecule has 0 aliphatic heterocycles. The Morgan fingerprint density at radius 2 is 1.76 bits per heavy atom. The Hall–Kier alpha value is -2.18. The first-order chi connectivity index (χ1) is 11.8. The molecular formula is C17H17Cl2N3O3. The first kappa shape index (κ1) is 19.1. The van der Waals surface area contributed by atoms with Crippen molar-refractivity contribution in [1.29, 1.82) is 0 Å². The number of amides is 1. The summed E-state index contributed by atoms with van der Waals surface area (Å²) in [4.78, 5) is 33.2. The van der Waals surface area contributed by atoms with Gasteiger partial charge in [-0.1, -0.05) is 30.1 Å². The van der Waals surface area contributed by atoms with Crippen molar-refractivity contribution in [1.82, 2.24) is 9.97 Å². The molecule has 6 nitrogen and oxygen atoms in total. The lowest BCUT2D eigenvalue weighted by molar-refractivity contribution is 0.0494. The Bertz CT molecular complexity index is 825. The summed E-state index contributed by atoms with van der Waals surface area (Å²) in [5.74, 6) is -1.30. The van der Waals surface area contributed by atoms with Crippen LogP contribution >= 0.6 is 23.2 Å². The Morgan fingerprint density at radius 3 is 2.36 bits per heavy atom. The quantitative estimate of drug-likeness (QED) is 0.784. The largest absolute Gasteiger partial charge is 0.461 e. The molecule has 0 saturated heterocycles. The number of aromatic nitrogens is 2. The molecule has 0 unspecified atom stereocenters. The third-order valence-corrected chi connectivity index (χ3v) is 3.88. The SMILES string of the molecule is CCCOC(=O)c1nc(C)c(C)nc1C(=O)Nc1ccc(Cl)cc1Cl. The number of ether oxygens (including phenoxy) is 1. The number of hydrogen-bond donors (Lipinski definition) is 1. The number of anilines is 1. The maximum absolute atomic E-state index is 12.6. The van der Waals surface area contributed by atoms with Crippen molar-refractivity contribution < 1.29 is 14.3 Å². The lowest BCUT2D eigenvalue weighted by atomic mass is 10.2. The highest BCUT2D eigenvalue weighted by Crippen LogP contribution is 2.26. The van der Waals surface area contributed by atoms with Crippen LogP contribution in [0.2, 0.25) is 10.0 Å². The maximum Gasteiger partial charge on any atom is 0.359 e. The first-order valence-corrected chi connectivity index (χ1v) is 8.37. The van der Waals surface area contributed by atoms with E-state index in [9.17, 15) is 9.59 Å². The van der Waals surface area contributed by atoms with Crippen molar-refractivity contribution in [2.45, 2.75) is 27.2 Å². The molecule has 0 aliphatic rings. The van der Waals surface area contributed by atoms with Crippen LogP contribution < -0.4 is 5.32 Å². The van der Waals surface area contributed by atoms with E-state index in [-0.39, 0.29) is 23.0 Å². The Labute approximate surface area is 155 Å². The zero-order valence-electron chi connectivity index (χ0n) is 14.0. The fourth-order valence-electron chi connectivity index (χ4n) is 1.94. The molecule has 132 valence electrons. The van der Waals surface area contributed by atoms with Crippen LogP contribution in [0.3, 0.4) is 0 Å². The molecule has 0 fully saturated rings. The molecular weight excluding hydrogens is 365 g/mol. The second-order valence-electron chi connectivity index (χ2n) is 5.31. The van der Waals surface area contributed by atoms with Crippen LogP contribution in [0, 0.1) is 13.8 Å². The van der Waals surface area contributed by atoms with E-state index in [0.717, 1.165) is 0 Å². The number of nitrogens with zero attached hydrogens (tertiary/aromatic N) is 2. The van der Waals surface area contributed by atoms with Crippen LogP contribution in [0.1, 0.15) is 45.7 Å². The fraction of sp³-hybridized carbons (Fsp3) is 0.294. The number of carbonyl (C=O) groups is 2. The zero-order chi connectivity index (χ0) is 18.6. The Morgan fingerprint density at radius 1 is 1.12 bits per heavy atom. The van der Waals surface area contributed by atoms with E-state index in [1.54, 1.807) is 26.0 Å². The van der Waals surface area contributed by atoms with E-state index < -0.39 is 11.9 Å². The van der Waals surface area contributed by atoms with Crippen LogP contribution in [-0.4, -0.2) is 28.5 Å². The van der Waals surface area contributed by atoms with Gasteiger partial charge in [-0.3, -0.25) is 4.79 Å². The smallest absolute Gasteiger partial charge is 0.359 e. The number of rotatable bonds is 5. The molecule has 1 aromatic heterocycles. The summed E-state index contributed by atoms with van der Waals surface area (Å²) in [7, 11) is 0. The van der Waals surface area contributed by atoms with E-state index in [1.807, 2.05) is 6.92 Å². The number of carbonyl (C=O) groups excluding carboxylic acids is 2. The summed E-state index contributed by atoms with van der Waals surface area (Å²) >= 11 is 11.9. The monoisotopic (exact) mass is 381 g/mol. The number of benzene rings is 1. The first-order valence-electron chi connectivity index (χ1n) is 7.62. The van der Waals surface area contributed by atoms with Crippen molar-refractivity contribution in [2.24, 2.45) is 0 Å². The number of aryl methyl sites for hydroxylation is 2. The van der Waals surface area contributed by atoms with Crippen LogP contribution in [0.5, 0.6) is 0 Å². The number of esters is 1. The summed E-state index contributed by atoms with van der Waals surface area (Å²) in [6, 6.07) is 4.65. The van der Waals surface area contributed by atoms with Gasteiger partial charge >= 0.3 is 5.97 Å². The molecule has 1 N–H and O–H groups in total. The van der Waals surface area contributed by atoms with Gasteiger partial charge in [-0.2, -0.15) is 0 Å². The average Bonchev–Trinajstić information content (AvgIpc) is 2.57. The minimum atomic E-state index is -0.690. The number of hydrogen-bond acceptors (Lipinski definition) is 5. The molecule has 0 radical (unpaired) electrons. The molecule has 0 aliphatic carbocycles. The molecule has 1 heterocycles. The predicted molar refractivity (Wildman–Crippen MR) is 96.5 cm³/mol. The molecule has 0 saturated carbocycles. The third-order valence-electron chi connectivity index (χ3n) is 3.33. The van der Waals surface area contributed by atoms with Gasteiger partial charge < -0.3 is 10.1 Å². The predicted octanol–water partition coefficient (Wildman–Crippen LogP) is 4.22. The topological polar surface area (TPSA) is 81.2 Å². The lowest BCUT2D eigenvalue weighted by Crippen LogP contribution is -2.22. The van der Waals surface area contributed by atoms with Crippen LogP contribution in [0.4, 0.5) is 5.69 Å². The fourth-order valence-corrected chi connectivity index (χ4v) is 2.39. The second-order valence-corrected chi connectivity index (χ2v) is 6.15. The van der Waals surface area contributed by atoms with Crippen molar-refractivity contribution in [3.8, 4) is 0 Å². The molecule has 8 heteroatoms. The molecule has 0 atom stereocenters. The highest BCUT2D eigenvalue weighted by atomic mass is 35.5. The van der Waals surface area contributed by atoms with Gasteiger partial charge in [0.15, 0.2) is 11.4 Å². The van der Waals surface area contributed by atoms with Gasteiger partial charge in [0.25, 0.3) is 5.91 Å². The molecule has 2 rings (SSSR count). The van der Waals surface area contributed by atoms with Gasteiger partial charge in [-0.05, 0) is 38.5 Å². The van der Waals surface area contributed by atoms with Crippen LogP contribution in [-0.2, 0) is 4.74 Å². The summed E-state index contributed by atoms with van der Waals surface area (Å²) in [6.45, 7) is 5.51. The molecule has 0 bridgehead atoms. The highest BCUT2D eigenvalue weighted by Gasteiger charge is 2.24. The van der Waals surface area contributed by atoms with Gasteiger partial charge in [0.2, 0.25) is 0 Å². The van der Waals surface area contributed by atoms with Crippen molar-refractivity contribution >= 4 is 40.8 Å². The third kappa shape index (κ3) is 4.67. The maximum atomic E-state index is 12.6. The second kappa shape index (κ2) is 8.27. The molecule has 1 aromatic carbocycles. The minimum absolute atomic E-state index is 0.116. The Kier molecular flexibility index (Phi) is 6.33. The number of halogens is 2. The highest BCUT2D eigenvalue weighted by molar-refractivity contribution is 6.36. The lowest BCUT2D eigenvalue weighted by Gasteiger charge is -2.12. The van der Waals surface area contributed by atoms with Gasteiger partial charge in [0.05, 0.1) is 28.7 Å². The standard InChI is InChI=1S/C17H17Cl2N3O3/c1-4-7-25-17(24)15-14(20-9(2)10(3)21-15)16(23)22-13-6-5-11(18)8-12(13)19/h5-6,8H,4,7H2,1-3H3,(H,22,23). The zero-order valence-corrected chi connectivity index (χ0v) is 15.5. The van der Waals surface area contributed by atoms with Gasteiger partial charge in [-0.25, -0.2) is 14.8 Å². The van der Waals surface area contributed by atoms with Crippen LogP contribution in [0.25, 0.3) is 0 Å². The van der Waals surface area contributed by atoms with E-state index in [0.29, 0.717) is 28.5 Å². The van der Waals surface area contributed by atoms with E-state index in [4.69, 9.17) is 27.9 Å². The summed E-state index contributed by atoms with van der Waals surface area (Å²) in [6.07, 6.45) is 0.659. The average molecular weight is 382 g/mol. The van der Waals surface area contributed by atoms with E-state index >= 15 is 0 Å². The summed E-state index contributed by atoms with van der Waals surface area (Å²) in [5, 5.41) is 3.33. The van der Waals surface area contributed by atoms with Crippen molar-refractivity contribution in [3.63, 3.8) is 0 Å². The van der Waals surface area contributed by atoms with E-state index in [1.165, 1.54) is 6.07 Å².